The van der Waals surface area contributed by atoms with Crippen LogP contribution < -0.4 is 10.1 Å². The van der Waals surface area contributed by atoms with Crippen LogP contribution >= 0.6 is 0 Å². The van der Waals surface area contributed by atoms with E-state index in [0.717, 1.165) is 0 Å². The molecule has 0 bridgehead atoms. The largest absolute Gasteiger partial charge is 0.473 e. The molecule has 2 heterocycles. The van der Waals surface area contributed by atoms with Gasteiger partial charge in [0.05, 0.1) is 30.2 Å². The number of sulfonamides is 1. The molecular formula is C19H20N4O5S. The number of nitriles is 1. The summed E-state index contributed by atoms with van der Waals surface area (Å²) in [6.07, 6.45) is 1.82. The third-order valence-corrected chi connectivity index (χ3v) is 6.30. The molecule has 0 saturated carbocycles. The van der Waals surface area contributed by atoms with E-state index in [9.17, 15) is 13.2 Å². The Morgan fingerprint density at radius 2 is 2.07 bits per heavy atom. The molecule has 10 heteroatoms. The van der Waals surface area contributed by atoms with Crippen molar-refractivity contribution in [3.63, 3.8) is 0 Å². The average molecular weight is 416 g/mol. The van der Waals surface area contributed by atoms with E-state index in [1.165, 1.54) is 47.9 Å². The number of aromatic nitrogens is 1. The number of benzene rings is 1. The predicted molar refractivity (Wildman–Crippen MR) is 104 cm³/mol. The van der Waals surface area contributed by atoms with Crippen LogP contribution in [0.4, 0.5) is 10.5 Å². The number of hydrogen-bond acceptors (Lipinski definition) is 7. The number of nitrogens with one attached hydrogen (secondary N) is 1. The van der Waals surface area contributed by atoms with Gasteiger partial charge in [-0.05, 0) is 43.2 Å². The molecule has 1 saturated heterocycles. The highest BCUT2D eigenvalue weighted by Gasteiger charge is 2.31. The van der Waals surface area contributed by atoms with Gasteiger partial charge in [-0.2, -0.15) is 9.57 Å². The van der Waals surface area contributed by atoms with Crippen LogP contribution in [0.1, 0.15) is 18.4 Å². The lowest BCUT2D eigenvalue weighted by Crippen LogP contribution is -2.44. The quantitative estimate of drug-likeness (QED) is 0.794. The highest BCUT2D eigenvalue weighted by Crippen LogP contribution is 2.24. The highest BCUT2D eigenvalue weighted by atomic mass is 32.2. The maximum atomic E-state index is 13.0. The van der Waals surface area contributed by atoms with Crippen molar-refractivity contribution in [2.45, 2.75) is 23.8 Å². The van der Waals surface area contributed by atoms with Crippen LogP contribution in [0, 0.1) is 11.3 Å². The summed E-state index contributed by atoms with van der Waals surface area (Å²) in [5, 5.41) is 11.4. The summed E-state index contributed by atoms with van der Waals surface area (Å²) in [7, 11) is -2.47. The lowest BCUT2D eigenvalue weighted by molar-refractivity contribution is 0.124. The van der Waals surface area contributed by atoms with Crippen molar-refractivity contribution in [1.82, 2.24) is 9.29 Å². The molecule has 1 amide bonds. The second-order valence-electron chi connectivity index (χ2n) is 6.38. The zero-order valence-electron chi connectivity index (χ0n) is 15.7. The second-order valence-corrected chi connectivity index (χ2v) is 8.32. The van der Waals surface area contributed by atoms with E-state index < -0.39 is 16.1 Å². The van der Waals surface area contributed by atoms with E-state index in [2.05, 4.69) is 15.0 Å². The predicted octanol–water partition coefficient (Wildman–Crippen LogP) is 2.36. The number of carbonyl (C=O) groups excluding carboxylic acids is 1. The molecule has 0 radical (unpaired) electrons. The van der Waals surface area contributed by atoms with Crippen LogP contribution in [-0.2, 0) is 14.8 Å². The fourth-order valence-corrected chi connectivity index (χ4v) is 4.47. The van der Waals surface area contributed by atoms with E-state index in [1.54, 1.807) is 6.07 Å². The number of anilines is 1. The van der Waals surface area contributed by atoms with Crippen LogP contribution in [0.3, 0.4) is 0 Å². The maximum Gasteiger partial charge on any atom is 0.411 e. The monoisotopic (exact) mass is 416 g/mol. The summed E-state index contributed by atoms with van der Waals surface area (Å²) < 4.78 is 37.6. The van der Waals surface area contributed by atoms with E-state index in [1.807, 2.05) is 6.07 Å². The Morgan fingerprint density at radius 3 is 2.76 bits per heavy atom. The lowest BCUT2D eigenvalue weighted by Gasteiger charge is -2.31. The van der Waals surface area contributed by atoms with E-state index in [0.29, 0.717) is 36.5 Å². The topological polar surface area (TPSA) is 122 Å². The fourth-order valence-electron chi connectivity index (χ4n) is 2.96. The molecule has 9 nitrogen and oxygen atoms in total. The zero-order valence-corrected chi connectivity index (χ0v) is 16.6. The standard InChI is InChI=1S/C19H20N4O5S/c1-27-19(24)22-15-4-6-17(7-5-15)29(25,26)23-10-2-3-16(13-23)28-18-11-14(12-20)8-9-21-18/h4-9,11,16H,2-3,10,13H2,1H3,(H,22,24)/t16-/m1/s1. The first-order chi connectivity index (χ1) is 13.9. The van der Waals surface area contributed by atoms with E-state index in [-0.39, 0.29) is 17.5 Å². The van der Waals surface area contributed by atoms with Gasteiger partial charge < -0.3 is 9.47 Å². The average Bonchev–Trinajstić information content (AvgIpc) is 2.74. The van der Waals surface area contributed by atoms with Crippen molar-refractivity contribution in [1.29, 1.82) is 5.26 Å². The number of piperidine rings is 1. The third-order valence-electron chi connectivity index (χ3n) is 4.42. The van der Waals surface area contributed by atoms with E-state index in [4.69, 9.17) is 10.00 Å². The van der Waals surface area contributed by atoms with Gasteiger partial charge in [0.1, 0.15) is 6.10 Å². The van der Waals surface area contributed by atoms with Gasteiger partial charge >= 0.3 is 6.09 Å². The van der Waals surface area contributed by atoms with Crippen molar-refractivity contribution in [3.05, 3.63) is 48.2 Å². The minimum atomic E-state index is -3.71. The Kier molecular flexibility index (Phi) is 6.31. The minimum absolute atomic E-state index is 0.123. The first-order valence-electron chi connectivity index (χ1n) is 8.90. The molecule has 0 aliphatic carbocycles. The van der Waals surface area contributed by atoms with Gasteiger partial charge in [0.15, 0.2) is 0 Å². The molecule has 1 aliphatic rings. The van der Waals surface area contributed by atoms with Gasteiger partial charge in [-0.25, -0.2) is 18.2 Å². The number of ether oxygens (including phenoxy) is 2. The van der Waals surface area contributed by atoms with Crippen LogP contribution in [-0.4, -0.2) is 50.1 Å². The van der Waals surface area contributed by atoms with Crippen LogP contribution in [0.25, 0.3) is 0 Å². The van der Waals surface area contributed by atoms with Gasteiger partial charge in [0, 0.05) is 24.5 Å². The Morgan fingerprint density at radius 1 is 1.31 bits per heavy atom. The van der Waals surface area contributed by atoms with Gasteiger partial charge in [0.25, 0.3) is 0 Å². The molecule has 1 atom stereocenters. The first-order valence-corrected chi connectivity index (χ1v) is 10.3. The molecule has 1 aromatic carbocycles. The molecule has 3 rings (SSSR count). The molecule has 0 spiro atoms. The molecule has 2 aromatic rings. The summed E-state index contributed by atoms with van der Waals surface area (Å²) in [4.78, 5) is 15.4. The molecule has 1 fully saturated rings. The van der Waals surface area contributed by atoms with Crippen LogP contribution in [0.5, 0.6) is 5.88 Å². The number of methoxy groups -OCH3 is 1. The Hall–Kier alpha value is -3.16. The Labute approximate surface area is 168 Å². The van der Waals surface area contributed by atoms with Crippen molar-refractivity contribution < 1.29 is 22.7 Å². The van der Waals surface area contributed by atoms with Crippen molar-refractivity contribution in [2.24, 2.45) is 0 Å². The normalized spacial score (nSPS) is 17.2. The van der Waals surface area contributed by atoms with Gasteiger partial charge in [0.2, 0.25) is 15.9 Å². The number of hydrogen-bond donors (Lipinski definition) is 1. The Bertz CT molecular complexity index is 1020. The summed E-state index contributed by atoms with van der Waals surface area (Å²) in [5.74, 6) is 0.298. The number of rotatable bonds is 5. The van der Waals surface area contributed by atoms with Crippen LogP contribution in [0.15, 0.2) is 47.5 Å². The van der Waals surface area contributed by atoms with Crippen molar-refractivity contribution in [3.8, 4) is 11.9 Å². The van der Waals surface area contributed by atoms with Crippen molar-refractivity contribution >= 4 is 21.8 Å². The molecule has 1 aromatic heterocycles. The molecular weight excluding hydrogens is 396 g/mol. The summed E-state index contributed by atoms with van der Waals surface area (Å²) in [5.41, 5.74) is 0.857. The maximum absolute atomic E-state index is 13.0. The van der Waals surface area contributed by atoms with Crippen LogP contribution in [0.2, 0.25) is 0 Å². The molecule has 1 aliphatic heterocycles. The minimum Gasteiger partial charge on any atom is -0.473 e. The summed E-state index contributed by atoms with van der Waals surface area (Å²) in [6.45, 7) is 0.568. The van der Waals surface area contributed by atoms with Gasteiger partial charge in [-0.1, -0.05) is 0 Å². The fraction of sp³-hybridized carbons (Fsp3) is 0.316. The number of carbonyl (C=O) groups is 1. The number of pyridine rings is 1. The molecule has 29 heavy (non-hydrogen) atoms. The third kappa shape index (κ3) is 5.01. The summed E-state index contributed by atoms with van der Waals surface area (Å²) >= 11 is 0. The van der Waals surface area contributed by atoms with Crippen molar-refractivity contribution in [2.75, 3.05) is 25.5 Å². The van der Waals surface area contributed by atoms with Gasteiger partial charge in [-0.3, -0.25) is 5.32 Å². The smallest absolute Gasteiger partial charge is 0.411 e. The number of amides is 1. The second kappa shape index (κ2) is 8.89. The summed E-state index contributed by atoms with van der Waals surface area (Å²) in [6, 6.07) is 11.0. The zero-order chi connectivity index (χ0) is 20.9. The molecule has 152 valence electrons. The van der Waals surface area contributed by atoms with E-state index >= 15 is 0 Å². The molecule has 0 unspecified atom stereocenters. The molecule has 1 N–H and O–H groups in total. The van der Waals surface area contributed by atoms with Gasteiger partial charge in [-0.15, -0.1) is 0 Å². The Balaban J connectivity index is 1.70. The number of nitrogens with zero attached hydrogens (tertiary/aromatic N) is 3. The first kappa shape index (κ1) is 20.6. The lowest BCUT2D eigenvalue weighted by atomic mass is 10.1. The SMILES string of the molecule is COC(=O)Nc1ccc(S(=O)(=O)N2CCC[C@@H](Oc3cc(C#N)ccn3)C2)cc1. The highest BCUT2D eigenvalue weighted by molar-refractivity contribution is 7.89.